The summed E-state index contributed by atoms with van der Waals surface area (Å²) in [4.78, 5) is 0. The predicted molar refractivity (Wildman–Crippen MR) is 58.0 cm³/mol. The van der Waals surface area contributed by atoms with Gasteiger partial charge in [-0.2, -0.15) is 0 Å². The van der Waals surface area contributed by atoms with Gasteiger partial charge in [0, 0.05) is 6.61 Å². The zero-order valence-corrected chi connectivity index (χ0v) is 10.3. The average Bonchev–Trinajstić information content (AvgIpc) is 2.12. The number of unbranched alkanes of at least 4 members (excludes halogenated alkanes) is 2. The molecule has 0 aromatic carbocycles. The van der Waals surface area contributed by atoms with Crippen molar-refractivity contribution in [1.29, 1.82) is 0 Å². The van der Waals surface area contributed by atoms with Gasteiger partial charge in [-0.3, -0.25) is 0 Å². The van der Waals surface area contributed by atoms with Gasteiger partial charge in [-0.1, -0.05) is 33.6 Å². The van der Waals surface area contributed by atoms with E-state index in [2.05, 4.69) is 20.8 Å². The first kappa shape index (κ1) is 12.5. The zero-order chi connectivity index (χ0) is 9.45. The molecular formula is C9H21ClOSi. The fraction of sp³-hybridized carbons (Fsp3) is 1.00. The molecule has 0 saturated heterocycles. The van der Waals surface area contributed by atoms with Gasteiger partial charge in [0.2, 0.25) is 0 Å². The number of hydrogen-bond donors (Lipinski definition) is 0. The molecule has 0 radical (unpaired) electrons. The highest BCUT2D eigenvalue weighted by Crippen LogP contribution is 2.21. The van der Waals surface area contributed by atoms with Crippen LogP contribution in [0.25, 0.3) is 0 Å². The van der Waals surface area contributed by atoms with Crippen LogP contribution >= 0.6 is 11.1 Å². The van der Waals surface area contributed by atoms with Crippen molar-refractivity contribution < 1.29 is 4.43 Å². The van der Waals surface area contributed by atoms with Gasteiger partial charge in [-0.05, 0) is 18.5 Å². The lowest BCUT2D eigenvalue weighted by Crippen LogP contribution is -2.29. The zero-order valence-electron chi connectivity index (χ0n) is 8.53. The van der Waals surface area contributed by atoms with Crippen LogP contribution in [0.4, 0.5) is 0 Å². The Balaban J connectivity index is 3.45. The first-order valence-electron chi connectivity index (χ1n) is 5.01. The molecule has 0 aliphatic heterocycles. The van der Waals surface area contributed by atoms with Gasteiger partial charge in [0.15, 0.2) is 0 Å². The molecule has 0 unspecified atom stereocenters. The maximum absolute atomic E-state index is 6.30. The molecular weight excluding hydrogens is 188 g/mol. The Kier molecular flexibility index (Phi) is 7.20. The van der Waals surface area contributed by atoms with E-state index in [0.717, 1.165) is 25.1 Å². The molecule has 0 spiro atoms. The molecule has 0 rings (SSSR count). The van der Waals surface area contributed by atoms with Gasteiger partial charge in [-0.15, -0.1) is 11.1 Å². The summed E-state index contributed by atoms with van der Waals surface area (Å²) in [5.74, 6) is 0. The minimum absolute atomic E-state index is 0.866. The van der Waals surface area contributed by atoms with Crippen molar-refractivity contribution in [3.8, 4) is 0 Å². The van der Waals surface area contributed by atoms with Crippen molar-refractivity contribution >= 4 is 18.7 Å². The van der Waals surface area contributed by atoms with Gasteiger partial charge < -0.3 is 4.43 Å². The average molecular weight is 209 g/mol. The normalized spacial score (nSPS) is 12.0. The van der Waals surface area contributed by atoms with Gasteiger partial charge in [-0.25, -0.2) is 0 Å². The Morgan fingerprint density at radius 1 is 1.08 bits per heavy atom. The quantitative estimate of drug-likeness (QED) is 0.350. The molecule has 0 N–H and O–H groups in total. The van der Waals surface area contributed by atoms with E-state index >= 15 is 0 Å². The molecule has 0 aromatic rings. The second-order valence-corrected chi connectivity index (χ2v) is 8.68. The fourth-order valence-electron chi connectivity index (χ4n) is 1.06. The molecule has 0 atom stereocenters. The van der Waals surface area contributed by atoms with Crippen molar-refractivity contribution in [3.05, 3.63) is 0 Å². The molecule has 0 aromatic heterocycles. The van der Waals surface area contributed by atoms with Crippen molar-refractivity contribution in [2.45, 2.75) is 52.1 Å². The van der Waals surface area contributed by atoms with E-state index in [1.807, 2.05) is 0 Å². The third-order valence-corrected chi connectivity index (χ3v) is 6.93. The lowest BCUT2D eigenvalue weighted by molar-refractivity contribution is 0.301. The Hall–Kier alpha value is 0.467. The van der Waals surface area contributed by atoms with E-state index in [1.165, 1.54) is 12.8 Å². The van der Waals surface area contributed by atoms with E-state index in [-0.39, 0.29) is 0 Å². The third-order valence-electron chi connectivity index (χ3n) is 2.16. The van der Waals surface area contributed by atoms with Crippen LogP contribution in [0.15, 0.2) is 0 Å². The molecule has 74 valence electrons. The highest BCUT2D eigenvalue weighted by atomic mass is 35.6. The summed E-state index contributed by atoms with van der Waals surface area (Å²) in [5, 5.41) is 0. The predicted octanol–water partition coefficient (Wildman–Crippen LogP) is 3.91. The number of hydrogen-bond acceptors (Lipinski definition) is 1. The summed E-state index contributed by atoms with van der Waals surface area (Å²) in [7, 11) is -1.78. The maximum atomic E-state index is 6.30. The standard InChI is InChI=1S/C9H21ClOSi/c1-4-7-8-9-11-12(10,5-2)6-3/h4-9H2,1-3H3. The second-order valence-electron chi connectivity index (χ2n) is 3.15. The third kappa shape index (κ3) is 5.17. The summed E-state index contributed by atoms with van der Waals surface area (Å²) in [6.45, 7) is 7.32. The molecule has 1 nitrogen and oxygen atoms in total. The van der Waals surface area contributed by atoms with Gasteiger partial charge in [0.25, 0.3) is 7.63 Å². The molecule has 0 aliphatic rings. The highest BCUT2D eigenvalue weighted by Gasteiger charge is 2.27. The van der Waals surface area contributed by atoms with Crippen LogP contribution in [0.5, 0.6) is 0 Å². The molecule has 3 heteroatoms. The van der Waals surface area contributed by atoms with Crippen LogP contribution in [0.1, 0.15) is 40.0 Å². The van der Waals surface area contributed by atoms with Crippen molar-refractivity contribution in [3.63, 3.8) is 0 Å². The Morgan fingerprint density at radius 2 is 1.67 bits per heavy atom. The van der Waals surface area contributed by atoms with Crippen molar-refractivity contribution in [1.82, 2.24) is 0 Å². The lowest BCUT2D eigenvalue weighted by Gasteiger charge is -2.21. The van der Waals surface area contributed by atoms with E-state index < -0.39 is 7.63 Å². The largest absolute Gasteiger partial charge is 0.403 e. The van der Waals surface area contributed by atoms with Gasteiger partial charge in [0.05, 0.1) is 0 Å². The lowest BCUT2D eigenvalue weighted by atomic mass is 10.3. The SMILES string of the molecule is CCCCCO[Si](Cl)(CC)CC. The number of halogens is 1. The summed E-state index contributed by atoms with van der Waals surface area (Å²) in [6, 6.07) is 2.05. The maximum Gasteiger partial charge on any atom is 0.289 e. The van der Waals surface area contributed by atoms with E-state index in [0.29, 0.717) is 0 Å². The highest BCUT2D eigenvalue weighted by molar-refractivity contribution is 7.16. The van der Waals surface area contributed by atoms with Crippen LogP contribution in [0.2, 0.25) is 12.1 Å². The molecule has 0 saturated carbocycles. The van der Waals surface area contributed by atoms with E-state index in [4.69, 9.17) is 15.5 Å². The van der Waals surface area contributed by atoms with Gasteiger partial charge in [0.1, 0.15) is 0 Å². The number of rotatable bonds is 7. The van der Waals surface area contributed by atoms with Crippen LogP contribution in [-0.4, -0.2) is 14.2 Å². The summed E-state index contributed by atoms with van der Waals surface area (Å²) in [6.07, 6.45) is 3.67. The molecule has 0 aliphatic carbocycles. The molecule has 0 heterocycles. The smallest absolute Gasteiger partial charge is 0.289 e. The monoisotopic (exact) mass is 208 g/mol. The van der Waals surface area contributed by atoms with Crippen LogP contribution in [0, 0.1) is 0 Å². The summed E-state index contributed by atoms with van der Waals surface area (Å²) < 4.78 is 5.73. The molecule has 0 fully saturated rings. The minimum atomic E-state index is -1.78. The molecule has 0 amide bonds. The Labute approximate surface area is 82.3 Å². The summed E-state index contributed by atoms with van der Waals surface area (Å²) in [5.41, 5.74) is 0. The fourth-order valence-corrected chi connectivity index (χ4v) is 2.71. The second kappa shape index (κ2) is 6.93. The van der Waals surface area contributed by atoms with Crippen LogP contribution < -0.4 is 0 Å². The van der Waals surface area contributed by atoms with Crippen LogP contribution in [0.3, 0.4) is 0 Å². The Morgan fingerprint density at radius 3 is 2.08 bits per heavy atom. The first-order chi connectivity index (χ1) is 5.68. The van der Waals surface area contributed by atoms with Crippen molar-refractivity contribution in [2.24, 2.45) is 0 Å². The molecule has 0 bridgehead atoms. The summed E-state index contributed by atoms with van der Waals surface area (Å²) >= 11 is 6.30. The Bertz CT molecular complexity index is 105. The van der Waals surface area contributed by atoms with Gasteiger partial charge >= 0.3 is 0 Å². The van der Waals surface area contributed by atoms with E-state index in [1.54, 1.807) is 0 Å². The minimum Gasteiger partial charge on any atom is -0.403 e. The molecule has 12 heavy (non-hydrogen) atoms. The first-order valence-corrected chi connectivity index (χ1v) is 8.34. The van der Waals surface area contributed by atoms with Crippen LogP contribution in [-0.2, 0) is 4.43 Å². The van der Waals surface area contributed by atoms with Crippen molar-refractivity contribution in [2.75, 3.05) is 6.61 Å². The van der Waals surface area contributed by atoms with E-state index in [9.17, 15) is 0 Å². The topological polar surface area (TPSA) is 9.23 Å².